The molecule has 0 aromatic carbocycles. The van der Waals surface area contributed by atoms with Gasteiger partial charge in [0.1, 0.15) is 0 Å². The van der Waals surface area contributed by atoms with Gasteiger partial charge in [-0.2, -0.15) is 11.8 Å². The number of hydrogen-bond donors (Lipinski definition) is 2. The highest BCUT2D eigenvalue weighted by molar-refractivity contribution is 7.99. The molecule has 1 fully saturated rings. The summed E-state index contributed by atoms with van der Waals surface area (Å²) >= 11 is 2.01. The van der Waals surface area contributed by atoms with Crippen LogP contribution in [0.25, 0.3) is 0 Å². The normalized spacial score (nSPS) is 20.5. The number of nitrogens with one attached hydrogen (secondary N) is 1. The van der Waals surface area contributed by atoms with Crippen molar-refractivity contribution in [1.29, 1.82) is 0 Å². The average molecular weight is 202 g/mol. The summed E-state index contributed by atoms with van der Waals surface area (Å²) in [6.07, 6.45) is 2.69. The first-order valence-corrected chi connectivity index (χ1v) is 6.31. The van der Waals surface area contributed by atoms with Gasteiger partial charge in [0.2, 0.25) is 0 Å². The Balaban J connectivity index is 2.04. The Morgan fingerprint density at radius 3 is 2.54 bits per heavy atom. The zero-order valence-electron chi connectivity index (χ0n) is 8.81. The minimum absolute atomic E-state index is 0.00240. The van der Waals surface area contributed by atoms with Crippen LogP contribution in [0.1, 0.15) is 26.7 Å². The fraction of sp³-hybridized carbons (Fsp3) is 1.00. The Hall–Kier alpha value is 0.270. The molecule has 0 aromatic heterocycles. The summed E-state index contributed by atoms with van der Waals surface area (Å²) in [6, 6.07) is 0. The Bertz CT molecular complexity index is 136. The maximum absolute atomic E-state index is 5.92. The van der Waals surface area contributed by atoms with Crippen LogP contribution in [0.2, 0.25) is 0 Å². The van der Waals surface area contributed by atoms with E-state index < -0.39 is 0 Å². The fourth-order valence-corrected chi connectivity index (χ4v) is 2.85. The molecule has 0 unspecified atom stereocenters. The van der Waals surface area contributed by atoms with Crippen LogP contribution >= 0.6 is 11.8 Å². The lowest BCUT2D eigenvalue weighted by molar-refractivity contribution is 0.407. The van der Waals surface area contributed by atoms with Gasteiger partial charge in [-0.15, -0.1) is 0 Å². The molecule has 0 aliphatic carbocycles. The Labute approximate surface area is 86.0 Å². The lowest BCUT2D eigenvalue weighted by Gasteiger charge is -2.24. The minimum atomic E-state index is -0.00240. The van der Waals surface area contributed by atoms with Gasteiger partial charge in [0.05, 0.1) is 0 Å². The van der Waals surface area contributed by atoms with Crippen molar-refractivity contribution < 1.29 is 0 Å². The predicted molar refractivity (Wildman–Crippen MR) is 61.2 cm³/mol. The van der Waals surface area contributed by atoms with Gasteiger partial charge in [-0.25, -0.2) is 0 Å². The number of hydrogen-bond acceptors (Lipinski definition) is 3. The summed E-state index contributed by atoms with van der Waals surface area (Å²) in [5, 5.41) is 3.39. The van der Waals surface area contributed by atoms with Crippen LogP contribution in [0, 0.1) is 5.92 Å². The van der Waals surface area contributed by atoms with Crippen molar-refractivity contribution in [2.45, 2.75) is 32.2 Å². The molecule has 1 heterocycles. The maximum Gasteiger partial charge on any atom is 0.0188 e. The molecule has 0 spiro atoms. The largest absolute Gasteiger partial charge is 0.325 e. The smallest absolute Gasteiger partial charge is 0.0188 e. The van der Waals surface area contributed by atoms with E-state index in [0.29, 0.717) is 0 Å². The van der Waals surface area contributed by atoms with E-state index in [1.165, 1.54) is 31.7 Å². The van der Waals surface area contributed by atoms with Crippen molar-refractivity contribution in [3.63, 3.8) is 0 Å². The standard InChI is InChI=1S/C10H22N2S/c1-10(2,11)8-13-7-9-3-5-12-6-4-9/h9,12H,3-8,11H2,1-2H3. The van der Waals surface area contributed by atoms with Crippen molar-refractivity contribution in [2.75, 3.05) is 24.6 Å². The van der Waals surface area contributed by atoms with Crippen LogP contribution < -0.4 is 11.1 Å². The first-order valence-electron chi connectivity index (χ1n) is 5.15. The van der Waals surface area contributed by atoms with E-state index in [0.717, 1.165) is 11.7 Å². The molecular formula is C10H22N2S. The van der Waals surface area contributed by atoms with Gasteiger partial charge in [0.25, 0.3) is 0 Å². The number of nitrogens with two attached hydrogens (primary N) is 1. The molecule has 2 nitrogen and oxygen atoms in total. The second-order valence-corrected chi connectivity index (χ2v) is 5.73. The van der Waals surface area contributed by atoms with Crippen LogP contribution in [0.4, 0.5) is 0 Å². The molecule has 0 saturated carbocycles. The molecule has 3 heteroatoms. The Morgan fingerprint density at radius 1 is 1.38 bits per heavy atom. The second-order valence-electron chi connectivity index (χ2n) is 4.70. The Morgan fingerprint density at radius 2 is 2.00 bits per heavy atom. The third-order valence-electron chi connectivity index (χ3n) is 2.29. The highest BCUT2D eigenvalue weighted by Gasteiger charge is 2.15. The van der Waals surface area contributed by atoms with Crippen molar-refractivity contribution in [2.24, 2.45) is 11.7 Å². The molecule has 3 N–H and O–H groups in total. The molecule has 1 aliphatic rings. The number of rotatable bonds is 4. The van der Waals surface area contributed by atoms with Crippen LogP contribution in [-0.4, -0.2) is 30.1 Å². The van der Waals surface area contributed by atoms with Gasteiger partial charge in [-0.1, -0.05) is 0 Å². The highest BCUT2D eigenvalue weighted by Crippen LogP contribution is 2.19. The molecule has 0 amide bonds. The quantitative estimate of drug-likeness (QED) is 0.725. The molecule has 0 bridgehead atoms. The van der Waals surface area contributed by atoms with Gasteiger partial charge in [0, 0.05) is 11.3 Å². The molecule has 1 aliphatic heterocycles. The van der Waals surface area contributed by atoms with Gasteiger partial charge in [-0.3, -0.25) is 0 Å². The van der Waals surface area contributed by atoms with Crippen molar-refractivity contribution in [1.82, 2.24) is 5.32 Å². The van der Waals surface area contributed by atoms with Crippen LogP contribution in [0.15, 0.2) is 0 Å². The van der Waals surface area contributed by atoms with Crippen molar-refractivity contribution >= 4 is 11.8 Å². The number of thioether (sulfide) groups is 1. The first-order chi connectivity index (χ1) is 6.08. The van der Waals surface area contributed by atoms with Crippen molar-refractivity contribution in [3.8, 4) is 0 Å². The summed E-state index contributed by atoms with van der Waals surface area (Å²) in [7, 11) is 0. The van der Waals surface area contributed by atoms with Crippen molar-refractivity contribution in [3.05, 3.63) is 0 Å². The Kier molecular flexibility index (Phi) is 4.56. The lowest BCUT2D eigenvalue weighted by Crippen LogP contribution is -2.35. The summed E-state index contributed by atoms with van der Waals surface area (Å²) in [6.45, 7) is 6.61. The topological polar surface area (TPSA) is 38.0 Å². The molecule has 0 atom stereocenters. The van der Waals surface area contributed by atoms with Crippen LogP contribution in [-0.2, 0) is 0 Å². The summed E-state index contributed by atoms with van der Waals surface area (Å²) in [4.78, 5) is 0. The summed E-state index contributed by atoms with van der Waals surface area (Å²) < 4.78 is 0. The third kappa shape index (κ3) is 5.55. The fourth-order valence-electron chi connectivity index (χ4n) is 1.54. The van der Waals surface area contributed by atoms with E-state index in [4.69, 9.17) is 5.73 Å². The summed E-state index contributed by atoms with van der Waals surface area (Å²) in [5.74, 6) is 3.30. The van der Waals surface area contributed by atoms with E-state index in [-0.39, 0.29) is 5.54 Å². The van der Waals surface area contributed by atoms with E-state index in [1.54, 1.807) is 0 Å². The van der Waals surface area contributed by atoms with Crippen LogP contribution in [0.3, 0.4) is 0 Å². The molecule has 0 aromatic rings. The highest BCUT2D eigenvalue weighted by atomic mass is 32.2. The second kappa shape index (κ2) is 5.23. The predicted octanol–water partition coefficient (Wildman–Crippen LogP) is 1.46. The maximum atomic E-state index is 5.92. The van der Waals surface area contributed by atoms with Gasteiger partial charge >= 0.3 is 0 Å². The molecule has 1 rings (SSSR count). The summed E-state index contributed by atoms with van der Waals surface area (Å²) in [5.41, 5.74) is 5.92. The van der Waals surface area contributed by atoms with E-state index in [1.807, 2.05) is 11.8 Å². The minimum Gasteiger partial charge on any atom is -0.325 e. The zero-order chi connectivity index (χ0) is 9.73. The van der Waals surface area contributed by atoms with Crippen LogP contribution in [0.5, 0.6) is 0 Å². The molecule has 0 radical (unpaired) electrons. The lowest BCUT2D eigenvalue weighted by atomic mass is 10.0. The third-order valence-corrected chi connectivity index (χ3v) is 3.94. The molecule has 1 saturated heterocycles. The van der Waals surface area contributed by atoms with E-state index in [9.17, 15) is 0 Å². The molecular weight excluding hydrogens is 180 g/mol. The molecule has 78 valence electrons. The molecule has 13 heavy (non-hydrogen) atoms. The number of piperidine rings is 1. The van der Waals surface area contributed by atoms with E-state index >= 15 is 0 Å². The SMILES string of the molecule is CC(C)(N)CSCC1CCNCC1. The average Bonchev–Trinajstić information content (AvgIpc) is 2.04. The van der Waals surface area contributed by atoms with E-state index in [2.05, 4.69) is 19.2 Å². The monoisotopic (exact) mass is 202 g/mol. The van der Waals surface area contributed by atoms with Gasteiger partial charge < -0.3 is 11.1 Å². The zero-order valence-corrected chi connectivity index (χ0v) is 9.62. The van der Waals surface area contributed by atoms with Gasteiger partial charge in [0.15, 0.2) is 0 Å². The van der Waals surface area contributed by atoms with Gasteiger partial charge in [-0.05, 0) is 51.4 Å². The first kappa shape index (κ1) is 11.3.